The Balaban J connectivity index is 1.76. The van der Waals surface area contributed by atoms with Crippen molar-refractivity contribution in [3.05, 3.63) is 103 Å². The van der Waals surface area contributed by atoms with Crippen LogP contribution in [0.1, 0.15) is 29.3 Å². The monoisotopic (exact) mass is 426 g/mol. The Morgan fingerprint density at radius 2 is 1.67 bits per heavy atom. The third-order valence-corrected chi connectivity index (χ3v) is 5.72. The van der Waals surface area contributed by atoms with Gasteiger partial charge in [-0.05, 0) is 30.2 Å². The lowest BCUT2D eigenvalue weighted by molar-refractivity contribution is -0.385. The highest BCUT2D eigenvalue weighted by Gasteiger charge is 2.30. The fourth-order valence-electron chi connectivity index (χ4n) is 3.98. The first kappa shape index (κ1) is 20.1. The molecule has 3 aromatic rings. The molecule has 2 aromatic carbocycles. The number of halogens is 1. The number of rotatable bonds is 5. The van der Waals surface area contributed by atoms with Gasteiger partial charge in [0.05, 0.1) is 15.9 Å². The van der Waals surface area contributed by atoms with Crippen LogP contribution >= 0.6 is 11.6 Å². The Kier molecular flexibility index (Phi) is 5.52. The van der Waals surface area contributed by atoms with Crippen LogP contribution in [0.4, 0.5) is 11.4 Å². The van der Waals surface area contributed by atoms with Crippen molar-refractivity contribution in [3.63, 3.8) is 0 Å². The molecule has 2 heterocycles. The molecule has 1 unspecified atom stereocenters. The highest BCUT2D eigenvalue weighted by atomic mass is 35.5. The Hall–Kier alpha value is -3.23. The minimum absolute atomic E-state index is 0.00737. The van der Waals surface area contributed by atoms with Crippen molar-refractivity contribution >= 4 is 23.0 Å². The van der Waals surface area contributed by atoms with E-state index in [1.165, 1.54) is 18.2 Å². The molecule has 1 aliphatic rings. The number of fused-ring (bicyclic) bond motifs is 1. The maximum atomic E-state index is 11.4. The average molecular weight is 427 g/mol. The maximum Gasteiger partial charge on any atom is 0.269 e. The van der Waals surface area contributed by atoms with E-state index >= 15 is 0 Å². The fraction of sp³-hybridized carbons (Fsp3) is 0.238. The molecule has 8 nitrogen and oxygen atoms in total. The van der Waals surface area contributed by atoms with E-state index in [1.807, 2.05) is 18.3 Å². The second-order valence-corrected chi connectivity index (χ2v) is 7.65. The van der Waals surface area contributed by atoms with Gasteiger partial charge in [-0.15, -0.1) is 0 Å². The highest BCUT2D eigenvalue weighted by molar-refractivity contribution is 6.31. The van der Waals surface area contributed by atoms with E-state index in [0.29, 0.717) is 17.1 Å². The summed E-state index contributed by atoms with van der Waals surface area (Å²) in [6.45, 7) is 2.12. The van der Waals surface area contributed by atoms with Gasteiger partial charge in [-0.1, -0.05) is 23.7 Å². The molecule has 4 rings (SSSR count). The summed E-state index contributed by atoms with van der Waals surface area (Å²) in [5.41, 5.74) is 2.65. The molecular formula is C21H19ClN4O4. The third-order valence-electron chi connectivity index (χ3n) is 5.37. The van der Waals surface area contributed by atoms with Crippen LogP contribution in [0, 0.1) is 20.2 Å². The number of benzene rings is 2. The molecule has 9 heteroatoms. The quantitative estimate of drug-likeness (QED) is 0.424. The predicted molar refractivity (Wildman–Crippen MR) is 113 cm³/mol. The number of hydrogen-bond acceptors (Lipinski definition) is 5. The fourth-order valence-corrected chi connectivity index (χ4v) is 4.20. The average Bonchev–Trinajstić information content (AvgIpc) is 3.11. The van der Waals surface area contributed by atoms with E-state index in [1.54, 1.807) is 24.3 Å². The van der Waals surface area contributed by atoms with Crippen molar-refractivity contribution < 1.29 is 9.85 Å². The van der Waals surface area contributed by atoms with Gasteiger partial charge in [0.25, 0.3) is 11.4 Å². The number of aromatic nitrogens is 1. The summed E-state index contributed by atoms with van der Waals surface area (Å²) in [6.07, 6.45) is 2.90. The van der Waals surface area contributed by atoms with Crippen molar-refractivity contribution in [3.8, 4) is 0 Å². The molecule has 154 valence electrons. The van der Waals surface area contributed by atoms with Crippen LogP contribution in [0.3, 0.4) is 0 Å². The van der Waals surface area contributed by atoms with E-state index in [4.69, 9.17) is 11.6 Å². The maximum absolute atomic E-state index is 11.4. The second kappa shape index (κ2) is 8.25. The van der Waals surface area contributed by atoms with Crippen LogP contribution in [-0.4, -0.2) is 25.9 Å². The van der Waals surface area contributed by atoms with Gasteiger partial charge in [0, 0.05) is 66.4 Å². The summed E-state index contributed by atoms with van der Waals surface area (Å²) in [5.74, 6) is 0. The Bertz CT molecular complexity index is 1100. The lowest BCUT2D eigenvalue weighted by atomic mass is 10.00. The van der Waals surface area contributed by atoms with Crippen LogP contribution in [0.5, 0.6) is 0 Å². The standard InChI is InChI=1S/C21H19ClN4O4/c22-19-9-8-17(26(29)30)13-18(19)21-20-3-1-10-23(20)11-2-12-24(21)14-15-4-6-16(7-5-15)25(27)28/h1,3-10,13,21H,2,11-12,14H2. The summed E-state index contributed by atoms with van der Waals surface area (Å²) >= 11 is 6.51. The van der Waals surface area contributed by atoms with Crippen LogP contribution in [-0.2, 0) is 13.1 Å². The van der Waals surface area contributed by atoms with Crippen molar-refractivity contribution in [2.24, 2.45) is 0 Å². The van der Waals surface area contributed by atoms with Crippen molar-refractivity contribution in [1.29, 1.82) is 0 Å². The van der Waals surface area contributed by atoms with Gasteiger partial charge in [-0.3, -0.25) is 25.1 Å². The zero-order chi connectivity index (χ0) is 21.3. The van der Waals surface area contributed by atoms with Gasteiger partial charge >= 0.3 is 0 Å². The number of hydrogen-bond donors (Lipinski definition) is 0. The highest BCUT2D eigenvalue weighted by Crippen LogP contribution is 2.38. The first-order valence-corrected chi connectivity index (χ1v) is 9.88. The lowest BCUT2D eigenvalue weighted by Gasteiger charge is -2.31. The summed E-state index contributed by atoms with van der Waals surface area (Å²) in [4.78, 5) is 23.7. The number of nitro benzene ring substituents is 2. The normalized spacial score (nSPS) is 16.6. The van der Waals surface area contributed by atoms with E-state index in [0.717, 1.165) is 30.8 Å². The zero-order valence-electron chi connectivity index (χ0n) is 16.0. The summed E-state index contributed by atoms with van der Waals surface area (Å²) < 4.78 is 2.15. The number of aryl methyl sites for hydroxylation is 1. The largest absolute Gasteiger partial charge is 0.350 e. The Labute approximate surface area is 177 Å². The second-order valence-electron chi connectivity index (χ2n) is 7.24. The molecule has 1 aromatic heterocycles. The van der Waals surface area contributed by atoms with Crippen molar-refractivity contribution in [1.82, 2.24) is 9.47 Å². The molecule has 0 bridgehead atoms. The smallest absolute Gasteiger partial charge is 0.269 e. The van der Waals surface area contributed by atoms with Crippen molar-refractivity contribution in [2.75, 3.05) is 6.54 Å². The molecule has 1 atom stereocenters. The number of non-ortho nitro benzene ring substituents is 2. The molecule has 0 fully saturated rings. The topological polar surface area (TPSA) is 94.5 Å². The van der Waals surface area contributed by atoms with E-state index in [-0.39, 0.29) is 17.4 Å². The van der Waals surface area contributed by atoms with Crippen LogP contribution < -0.4 is 0 Å². The molecule has 0 N–H and O–H groups in total. The van der Waals surface area contributed by atoms with Gasteiger partial charge in [-0.2, -0.15) is 0 Å². The first-order chi connectivity index (χ1) is 14.4. The first-order valence-electron chi connectivity index (χ1n) is 9.50. The minimum atomic E-state index is -0.422. The number of nitro groups is 2. The van der Waals surface area contributed by atoms with Crippen molar-refractivity contribution in [2.45, 2.75) is 25.6 Å². The van der Waals surface area contributed by atoms with Crippen LogP contribution in [0.2, 0.25) is 5.02 Å². The van der Waals surface area contributed by atoms with E-state index in [9.17, 15) is 20.2 Å². The summed E-state index contributed by atoms with van der Waals surface area (Å²) in [5, 5.41) is 22.8. The molecule has 0 amide bonds. The SMILES string of the molecule is O=[N+]([O-])c1ccc(CN2CCCn3cccc3C2c2cc([N+](=O)[O-])ccc2Cl)cc1. The molecule has 0 spiro atoms. The summed E-state index contributed by atoms with van der Waals surface area (Å²) in [7, 11) is 0. The molecular weight excluding hydrogens is 408 g/mol. The summed E-state index contributed by atoms with van der Waals surface area (Å²) in [6, 6.07) is 14.7. The zero-order valence-corrected chi connectivity index (χ0v) is 16.7. The molecule has 0 radical (unpaired) electrons. The van der Waals surface area contributed by atoms with E-state index < -0.39 is 9.85 Å². The van der Waals surface area contributed by atoms with Gasteiger partial charge in [-0.25, -0.2) is 0 Å². The van der Waals surface area contributed by atoms with Crippen LogP contribution in [0.15, 0.2) is 60.8 Å². The molecule has 0 saturated carbocycles. The Morgan fingerprint density at radius 1 is 0.967 bits per heavy atom. The van der Waals surface area contributed by atoms with Gasteiger partial charge in [0.1, 0.15) is 0 Å². The van der Waals surface area contributed by atoms with Gasteiger partial charge < -0.3 is 4.57 Å². The lowest BCUT2D eigenvalue weighted by Crippen LogP contribution is -2.29. The van der Waals surface area contributed by atoms with Gasteiger partial charge in [0.15, 0.2) is 0 Å². The predicted octanol–water partition coefficient (Wildman–Crippen LogP) is 4.95. The molecule has 1 aliphatic heterocycles. The molecule has 0 saturated heterocycles. The van der Waals surface area contributed by atoms with E-state index in [2.05, 4.69) is 9.47 Å². The van der Waals surface area contributed by atoms with Gasteiger partial charge in [0.2, 0.25) is 0 Å². The number of nitrogens with zero attached hydrogens (tertiary/aromatic N) is 4. The molecule has 30 heavy (non-hydrogen) atoms. The third kappa shape index (κ3) is 3.92. The van der Waals surface area contributed by atoms with Crippen LogP contribution in [0.25, 0.3) is 0 Å². The molecule has 0 aliphatic carbocycles. The minimum Gasteiger partial charge on any atom is -0.350 e. The Morgan fingerprint density at radius 3 is 2.37 bits per heavy atom.